The van der Waals surface area contributed by atoms with E-state index in [2.05, 4.69) is 22.2 Å². The van der Waals surface area contributed by atoms with Gasteiger partial charge in [0.1, 0.15) is 0 Å². The number of anilines is 2. The van der Waals surface area contributed by atoms with Crippen LogP contribution in [-0.2, 0) is 9.59 Å². The fraction of sp³-hybridized carbons (Fsp3) is 0.600. The fourth-order valence-electron chi connectivity index (χ4n) is 3.62. The van der Waals surface area contributed by atoms with E-state index in [0.717, 1.165) is 51.1 Å². The molecule has 2 fully saturated rings. The highest BCUT2D eigenvalue weighted by Gasteiger charge is 2.33. The number of aliphatic hydroxyl groups is 2. The summed E-state index contributed by atoms with van der Waals surface area (Å²) < 4.78 is 0. The molecule has 28 heavy (non-hydrogen) atoms. The van der Waals surface area contributed by atoms with E-state index in [1.807, 2.05) is 12.1 Å². The Bertz CT molecular complexity index is 667. The number of carbonyl (C=O) groups excluding carboxylic acids is 2. The van der Waals surface area contributed by atoms with Crippen LogP contribution in [0.3, 0.4) is 0 Å². The van der Waals surface area contributed by atoms with Crippen molar-refractivity contribution in [2.75, 3.05) is 56.5 Å². The Morgan fingerprint density at radius 1 is 0.893 bits per heavy atom. The zero-order valence-corrected chi connectivity index (χ0v) is 16.4. The lowest BCUT2D eigenvalue weighted by molar-refractivity contribution is -0.151. The summed E-state index contributed by atoms with van der Waals surface area (Å²) >= 11 is 0. The summed E-state index contributed by atoms with van der Waals surface area (Å²) in [5.41, 5.74) is 1.59. The average molecular weight is 390 g/mol. The summed E-state index contributed by atoms with van der Waals surface area (Å²) in [7, 11) is 2.10. The first-order valence-electron chi connectivity index (χ1n) is 9.95. The molecule has 1 aromatic rings. The van der Waals surface area contributed by atoms with Crippen molar-refractivity contribution in [2.24, 2.45) is 0 Å². The molecule has 0 radical (unpaired) electrons. The summed E-state index contributed by atoms with van der Waals surface area (Å²) in [5, 5.41) is 22.8. The van der Waals surface area contributed by atoms with Gasteiger partial charge in [0.25, 0.3) is 11.8 Å². The second kappa shape index (κ2) is 9.36. The van der Waals surface area contributed by atoms with Gasteiger partial charge in [-0.05, 0) is 50.6 Å². The standard InChI is InChI=1S/C20H30N4O4/c1-22-11-13-23(14-12-22)16-7-5-15(6-8-16)21-19(27)17(25)18(26)20(28)24-9-3-2-4-10-24/h5-8,17-18,25-26H,2-4,9-14H2,1H3,(H,21,27). The van der Waals surface area contributed by atoms with Gasteiger partial charge in [0.15, 0.2) is 12.2 Å². The number of piperazine rings is 1. The van der Waals surface area contributed by atoms with Crippen LogP contribution in [0.25, 0.3) is 0 Å². The summed E-state index contributed by atoms with van der Waals surface area (Å²) in [6.07, 6.45) is -0.747. The minimum absolute atomic E-state index is 0.513. The number of likely N-dealkylation sites (N-methyl/N-ethyl adjacent to an activating group) is 1. The SMILES string of the molecule is CN1CCN(c2ccc(NC(=O)C(O)C(O)C(=O)N3CCCCC3)cc2)CC1. The minimum Gasteiger partial charge on any atom is -0.380 e. The van der Waals surface area contributed by atoms with Crippen LogP contribution in [0.2, 0.25) is 0 Å². The normalized spacial score (nSPS) is 20.5. The van der Waals surface area contributed by atoms with E-state index in [1.54, 1.807) is 12.1 Å². The van der Waals surface area contributed by atoms with Gasteiger partial charge in [0, 0.05) is 50.6 Å². The lowest BCUT2D eigenvalue weighted by atomic mass is 10.1. The highest BCUT2D eigenvalue weighted by Crippen LogP contribution is 2.20. The molecule has 3 rings (SSSR count). The number of rotatable bonds is 5. The molecule has 0 saturated carbocycles. The molecule has 0 aliphatic carbocycles. The topological polar surface area (TPSA) is 96.4 Å². The van der Waals surface area contributed by atoms with Crippen molar-refractivity contribution < 1.29 is 19.8 Å². The van der Waals surface area contributed by atoms with E-state index in [-0.39, 0.29) is 0 Å². The largest absolute Gasteiger partial charge is 0.380 e. The smallest absolute Gasteiger partial charge is 0.256 e. The van der Waals surface area contributed by atoms with Crippen LogP contribution in [0, 0.1) is 0 Å². The molecule has 2 aliphatic heterocycles. The van der Waals surface area contributed by atoms with Gasteiger partial charge < -0.3 is 30.2 Å². The number of likely N-dealkylation sites (tertiary alicyclic amines) is 1. The van der Waals surface area contributed by atoms with Gasteiger partial charge >= 0.3 is 0 Å². The average Bonchev–Trinajstić information content (AvgIpc) is 2.74. The van der Waals surface area contributed by atoms with Crippen molar-refractivity contribution in [3.05, 3.63) is 24.3 Å². The van der Waals surface area contributed by atoms with Crippen LogP contribution < -0.4 is 10.2 Å². The molecule has 0 bridgehead atoms. The van der Waals surface area contributed by atoms with Crippen molar-refractivity contribution in [1.29, 1.82) is 0 Å². The van der Waals surface area contributed by atoms with Gasteiger partial charge in [0.05, 0.1) is 0 Å². The van der Waals surface area contributed by atoms with Gasteiger partial charge in [-0.25, -0.2) is 0 Å². The zero-order valence-electron chi connectivity index (χ0n) is 16.4. The molecular formula is C20H30N4O4. The third-order valence-corrected chi connectivity index (χ3v) is 5.49. The van der Waals surface area contributed by atoms with Crippen LogP contribution in [0.4, 0.5) is 11.4 Å². The van der Waals surface area contributed by atoms with Gasteiger partial charge in [-0.1, -0.05) is 0 Å². The third-order valence-electron chi connectivity index (χ3n) is 5.49. The zero-order chi connectivity index (χ0) is 20.1. The summed E-state index contributed by atoms with van der Waals surface area (Å²) in [5.74, 6) is -1.38. The quantitative estimate of drug-likeness (QED) is 0.661. The number of amides is 2. The Kier molecular flexibility index (Phi) is 6.88. The molecule has 2 saturated heterocycles. The highest BCUT2D eigenvalue weighted by atomic mass is 16.3. The molecule has 154 valence electrons. The number of benzene rings is 1. The number of aliphatic hydroxyl groups excluding tert-OH is 2. The number of hydrogen-bond acceptors (Lipinski definition) is 6. The number of nitrogens with one attached hydrogen (secondary N) is 1. The number of carbonyl (C=O) groups is 2. The van der Waals surface area contributed by atoms with E-state index >= 15 is 0 Å². The second-order valence-corrected chi connectivity index (χ2v) is 7.60. The highest BCUT2D eigenvalue weighted by molar-refractivity contribution is 5.98. The van der Waals surface area contributed by atoms with Crippen LogP contribution >= 0.6 is 0 Å². The van der Waals surface area contributed by atoms with Crippen LogP contribution in [-0.4, -0.2) is 90.4 Å². The Balaban J connectivity index is 1.53. The molecule has 3 N–H and O–H groups in total. The molecule has 0 spiro atoms. The molecule has 2 aliphatic rings. The molecular weight excluding hydrogens is 360 g/mol. The fourth-order valence-corrected chi connectivity index (χ4v) is 3.62. The lowest BCUT2D eigenvalue weighted by Gasteiger charge is -2.34. The number of hydrogen-bond donors (Lipinski definition) is 3. The van der Waals surface area contributed by atoms with Gasteiger partial charge in [-0.2, -0.15) is 0 Å². The molecule has 2 amide bonds. The maximum Gasteiger partial charge on any atom is 0.256 e. The Morgan fingerprint density at radius 3 is 2.11 bits per heavy atom. The van der Waals surface area contributed by atoms with Gasteiger partial charge in [-0.15, -0.1) is 0 Å². The number of piperidine rings is 1. The van der Waals surface area contributed by atoms with Gasteiger partial charge in [-0.3, -0.25) is 9.59 Å². The second-order valence-electron chi connectivity index (χ2n) is 7.60. The van der Waals surface area contributed by atoms with E-state index in [1.165, 1.54) is 4.90 Å². The van der Waals surface area contributed by atoms with Crippen LogP contribution in [0.15, 0.2) is 24.3 Å². The Labute approximate surface area is 165 Å². The molecule has 1 aromatic carbocycles. The predicted octanol–water partition coefficient (Wildman–Crippen LogP) is 0.111. The molecule has 2 unspecified atom stereocenters. The van der Waals surface area contributed by atoms with E-state index in [4.69, 9.17) is 0 Å². The monoisotopic (exact) mass is 390 g/mol. The first kappa shape index (κ1) is 20.6. The van der Waals surface area contributed by atoms with Crippen LogP contribution in [0.1, 0.15) is 19.3 Å². The molecule has 8 heteroatoms. The van der Waals surface area contributed by atoms with Crippen molar-refractivity contribution >= 4 is 23.2 Å². The summed E-state index contributed by atoms with van der Waals surface area (Å²) in [6.45, 7) is 5.02. The number of nitrogens with zero attached hydrogens (tertiary/aromatic N) is 3. The maximum atomic E-state index is 12.3. The Morgan fingerprint density at radius 2 is 1.50 bits per heavy atom. The Hall–Kier alpha value is -2.16. The van der Waals surface area contributed by atoms with Gasteiger partial charge in [0.2, 0.25) is 0 Å². The van der Waals surface area contributed by atoms with Crippen molar-refractivity contribution in [2.45, 2.75) is 31.5 Å². The van der Waals surface area contributed by atoms with E-state index in [0.29, 0.717) is 18.8 Å². The molecule has 0 aromatic heterocycles. The minimum atomic E-state index is -1.80. The predicted molar refractivity (Wildman–Crippen MR) is 107 cm³/mol. The van der Waals surface area contributed by atoms with E-state index in [9.17, 15) is 19.8 Å². The van der Waals surface area contributed by atoms with Crippen molar-refractivity contribution in [3.8, 4) is 0 Å². The maximum absolute atomic E-state index is 12.3. The van der Waals surface area contributed by atoms with Crippen molar-refractivity contribution in [3.63, 3.8) is 0 Å². The molecule has 8 nitrogen and oxygen atoms in total. The third kappa shape index (κ3) is 5.01. The van der Waals surface area contributed by atoms with Crippen molar-refractivity contribution in [1.82, 2.24) is 9.80 Å². The molecule has 2 heterocycles. The summed E-state index contributed by atoms with van der Waals surface area (Å²) in [4.78, 5) is 30.6. The summed E-state index contributed by atoms with van der Waals surface area (Å²) in [6, 6.07) is 7.36. The first-order chi connectivity index (χ1) is 13.5. The first-order valence-corrected chi connectivity index (χ1v) is 9.95. The molecule has 2 atom stereocenters. The van der Waals surface area contributed by atoms with E-state index < -0.39 is 24.0 Å². The van der Waals surface area contributed by atoms with Crippen LogP contribution in [0.5, 0.6) is 0 Å². The lowest BCUT2D eigenvalue weighted by Crippen LogP contribution is -2.50.